The fraction of sp³-hybridized carbons (Fsp3) is 1.00. The zero-order valence-corrected chi connectivity index (χ0v) is 7.70. The van der Waals surface area contributed by atoms with Crippen LogP contribution in [-0.4, -0.2) is 67.5 Å². The Morgan fingerprint density at radius 1 is 1.67 bits per heavy atom. The summed E-state index contributed by atoms with van der Waals surface area (Å²) in [7, 11) is 3.98. The lowest BCUT2D eigenvalue weighted by Gasteiger charge is -2.42. The first kappa shape index (κ1) is 9.89. The number of hydrogen-bond acceptors (Lipinski definition) is 3. The molecule has 1 rings (SSSR count). The fourth-order valence-corrected chi connectivity index (χ4v) is 1.48. The molecule has 72 valence electrons. The molecule has 0 aromatic carbocycles. The van der Waals surface area contributed by atoms with Crippen LogP contribution in [0.2, 0.25) is 0 Å². The molecular weight excluding hydrogens is 159 g/mol. The number of likely N-dealkylation sites (tertiary alicyclic amines) is 1. The number of likely N-dealkylation sites (N-methyl/N-ethyl adjacent to an activating group) is 2. The number of alkyl halides is 1. The van der Waals surface area contributed by atoms with E-state index in [0.29, 0.717) is 12.6 Å². The van der Waals surface area contributed by atoms with Crippen molar-refractivity contribution in [3.63, 3.8) is 0 Å². The summed E-state index contributed by atoms with van der Waals surface area (Å²) < 4.78 is 11.9. The monoisotopic (exact) mass is 176 g/mol. The molecular formula is C8H17FN2O. The zero-order valence-electron chi connectivity index (χ0n) is 7.70. The molecule has 12 heavy (non-hydrogen) atoms. The second kappa shape index (κ2) is 4.16. The Kier molecular flexibility index (Phi) is 3.43. The lowest BCUT2D eigenvalue weighted by atomic mass is 10.1. The van der Waals surface area contributed by atoms with Crippen molar-refractivity contribution in [3.05, 3.63) is 0 Å². The van der Waals surface area contributed by atoms with Crippen LogP contribution in [0.5, 0.6) is 0 Å². The lowest BCUT2D eigenvalue weighted by molar-refractivity contribution is 0.0279. The molecule has 1 fully saturated rings. The molecule has 0 aliphatic carbocycles. The van der Waals surface area contributed by atoms with Gasteiger partial charge in [-0.15, -0.1) is 0 Å². The predicted molar refractivity (Wildman–Crippen MR) is 45.9 cm³/mol. The van der Waals surface area contributed by atoms with Crippen LogP contribution in [0.3, 0.4) is 0 Å². The highest BCUT2D eigenvalue weighted by Crippen LogP contribution is 2.10. The molecule has 0 spiro atoms. The molecule has 4 heteroatoms. The number of halogens is 1. The van der Waals surface area contributed by atoms with E-state index < -0.39 is 12.8 Å². The molecule has 0 aromatic heterocycles. The molecule has 1 saturated heterocycles. The first-order chi connectivity index (χ1) is 5.63. The number of rotatable bonds is 4. The Morgan fingerprint density at radius 3 is 2.67 bits per heavy atom. The molecule has 1 heterocycles. The van der Waals surface area contributed by atoms with E-state index in [1.807, 2.05) is 11.9 Å². The van der Waals surface area contributed by atoms with Gasteiger partial charge >= 0.3 is 0 Å². The normalized spacial score (nSPS) is 22.8. The van der Waals surface area contributed by atoms with Crippen LogP contribution in [-0.2, 0) is 0 Å². The third-order valence-electron chi connectivity index (χ3n) is 2.35. The largest absolute Gasteiger partial charge is 0.389 e. The van der Waals surface area contributed by atoms with Gasteiger partial charge in [-0.05, 0) is 14.1 Å². The van der Waals surface area contributed by atoms with E-state index >= 15 is 0 Å². The Balaban J connectivity index is 2.16. The van der Waals surface area contributed by atoms with Crippen LogP contribution in [0.4, 0.5) is 4.39 Å². The second-order valence-corrected chi connectivity index (χ2v) is 3.62. The molecule has 1 aliphatic heterocycles. The molecule has 1 aliphatic rings. The summed E-state index contributed by atoms with van der Waals surface area (Å²) in [5, 5.41) is 9.03. The predicted octanol–water partition coefficient (Wildman–Crippen LogP) is -0.437. The van der Waals surface area contributed by atoms with Gasteiger partial charge < -0.3 is 10.0 Å². The smallest absolute Gasteiger partial charge is 0.117 e. The molecule has 0 aromatic rings. The summed E-state index contributed by atoms with van der Waals surface area (Å²) in [5.41, 5.74) is 0. The van der Waals surface area contributed by atoms with Crippen LogP contribution in [0.25, 0.3) is 0 Å². The maximum Gasteiger partial charge on any atom is 0.117 e. The fourth-order valence-electron chi connectivity index (χ4n) is 1.48. The minimum Gasteiger partial charge on any atom is -0.389 e. The molecule has 0 bridgehead atoms. The van der Waals surface area contributed by atoms with Crippen molar-refractivity contribution in [1.82, 2.24) is 9.80 Å². The van der Waals surface area contributed by atoms with E-state index in [4.69, 9.17) is 5.11 Å². The van der Waals surface area contributed by atoms with Crippen LogP contribution < -0.4 is 0 Å². The molecule has 1 unspecified atom stereocenters. The highest BCUT2D eigenvalue weighted by Gasteiger charge is 2.27. The maximum atomic E-state index is 11.9. The Labute approximate surface area is 72.8 Å². The molecule has 0 amide bonds. The Morgan fingerprint density at radius 2 is 2.25 bits per heavy atom. The SMILES string of the molecule is CN1CC(N(C)CC(O)CF)C1. The topological polar surface area (TPSA) is 26.7 Å². The van der Waals surface area contributed by atoms with E-state index in [1.54, 1.807) is 0 Å². The van der Waals surface area contributed by atoms with Crippen molar-refractivity contribution in [2.75, 3.05) is 40.4 Å². The van der Waals surface area contributed by atoms with Gasteiger partial charge in [0, 0.05) is 25.7 Å². The van der Waals surface area contributed by atoms with Crippen LogP contribution in [0.15, 0.2) is 0 Å². The minimum absolute atomic E-state index is 0.439. The van der Waals surface area contributed by atoms with Crippen molar-refractivity contribution in [2.24, 2.45) is 0 Å². The lowest BCUT2D eigenvalue weighted by Crippen LogP contribution is -2.57. The van der Waals surface area contributed by atoms with Gasteiger partial charge in [0.1, 0.15) is 6.67 Å². The molecule has 0 radical (unpaired) electrons. The van der Waals surface area contributed by atoms with E-state index in [-0.39, 0.29) is 0 Å². The highest BCUT2D eigenvalue weighted by atomic mass is 19.1. The summed E-state index contributed by atoms with van der Waals surface area (Å²) in [4.78, 5) is 4.22. The maximum absolute atomic E-state index is 11.9. The number of nitrogens with zero attached hydrogens (tertiary/aromatic N) is 2. The van der Waals surface area contributed by atoms with E-state index in [0.717, 1.165) is 13.1 Å². The summed E-state index contributed by atoms with van der Waals surface area (Å²) in [6, 6.07) is 0.496. The molecule has 1 atom stereocenters. The van der Waals surface area contributed by atoms with E-state index in [1.165, 1.54) is 0 Å². The zero-order chi connectivity index (χ0) is 9.14. The van der Waals surface area contributed by atoms with Gasteiger partial charge in [-0.1, -0.05) is 0 Å². The standard InChI is InChI=1S/C8H17FN2O/c1-10-4-7(5-10)11(2)6-8(12)3-9/h7-8,12H,3-6H2,1-2H3. The molecule has 1 N–H and O–H groups in total. The van der Waals surface area contributed by atoms with Crippen LogP contribution >= 0.6 is 0 Å². The van der Waals surface area contributed by atoms with Crippen molar-refractivity contribution in [1.29, 1.82) is 0 Å². The Hall–Kier alpha value is -0.190. The Bertz CT molecular complexity index is 139. The highest BCUT2D eigenvalue weighted by molar-refractivity contribution is 4.85. The minimum atomic E-state index is -0.819. The van der Waals surface area contributed by atoms with Gasteiger partial charge in [0.15, 0.2) is 0 Å². The number of aliphatic hydroxyl groups excluding tert-OH is 1. The number of hydrogen-bond donors (Lipinski definition) is 1. The van der Waals surface area contributed by atoms with Gasteiger partial charge in [-0.2, -0.15) is 0 Å². The van der Waals surface area contributed by atoms with Crippen molar-refractivity contribution < 1.29 is 9.50 Å². The van der Waals surface area contributed by atoms with Crippen molar-refractivity contribution in [2.45, 2.75) is 12.1 Å². The van der Waals surface area contributed by atoms with Gasteiger partial charge in [-0.25, -0.2) is 4.39 Å². The number of aliphatic hydroxyl groups is 1. The molecule has 0 saturated carbocycles. The third-order valence-corrected chi connectivity index (χ3v) is 2.35. The van der Waals surface area contributed by atoms with Gasteiger partial charge in [0.25, 0.3) is 0 Å². The van der Waals surface area contributed by atoms with Crippen molar-refractivity contribution >= 4 is 0 Å². The molecule has 3 nitrogen and oxygen atoms in total. The van der Waals surface area contributed by atoms with Gasteiger partial charge in [-0.3, -0.25) is 4.90 Å². The van der Waals surface area contributed by atoms with Gasteiger partial charge in [0.05, 0.1) is 6.10 Å². The summed E-state index contributed by atoms with van der Waals surface area (Å²) >= 11 is 0. The van der Waals surface area contributed by atoms with Crippen molar-refractivity contribution in [3.8, 4) is 0 Å². The second-order valence-electron chi connectivity index (χ2n) is 3.62. The van der Waals surface area contributed by atoms with Crippen LogP contribution in [0, 0.1) is 0 Å². The quantitative estimate of drug-likeness (QED) is 0.629. The average Bonchev–Trinajstić information content (AvgIpc) is 1.98. The van der Waals surface area contributed by atoms with Gasteiger partial charge in [0.2, 0.25) is 0 Å². The third kappa shape index (κ3) is 2.40. The first-order valence-electron chi connectivity index (χ1n) is 4.26. The summed E-state index contributed by atoms with van der Waals surface area (Å²) in [6.07, 6.45) is -0.819. The average molecular weight is 176 g/mol. The van der Waals surface area contributed by atoms with E-state index in [2.05, 4.69) is 11.9 Å². The van der Waals surface area contributed by atoms with E-state index in [9.17, 15) is 4.39 Å². The summed E-state index contributed by atoms with van der Waals surface area (Å²) in [6.45, 7) is 1.84. The summed E-state index contributed by atoms with van der Waals surface area (Å²) in [5.74, 6) is 0. The van der Waals surface area contributed by atoms with Crippen LogP contribution in [0.1, 0.15) is 0 Å². The first-order valence-corrected chi connectivity index (χ1v) is 4.26.